The molecule has 0 saturated heterocycles. The van der Waals surface area contributed by atoms with E-state index in [0.29, 0.717) is 38.3 Å². The summed E-state index contributed by atoms with van der Waals surface area (Å²) < 4.78 is 18.3. The molecule has 0 fully saturated rings. The van der Waals surface area contributed by atoms with Crippen LogP contribution in [-0.4, -0.2) is 49.2 Å². The zero-order valence-electron chi connectivity index (χ0n) is 21.4. The minimum Gasteiger partial charge on any atom is -0.491 e. The lowest BCUT2D eigenvalue weighted by atomic mass is 10.00. The summed E-state index contributed by atoms with van der Waals surface area (Å²) >= 11 is 0. The van der Waals surface area contributed by atoms with Crippen molar-refractivity contribution in [2.75, 3.05) is 38.4 Å². The maximum Gasteiger partial charge on any atom is 0.333 e. The summed E-state index contributed by atoms with van der Waals surface area (Å²) in [5.74, 6) is 0.539. The third-order valence-corrected chi connectivity index (χ3v) is 6.40. The molecule has 2 aromatic carbocycles. The van der Waals surface area contributed by atoms with Gasteiger partial charge in [0.15, 0.2) is 0 Å². The smallest absolute Gasteiger partial charge is 0.333 e. The van der Waals surface area contributed by atoms with Crippen molar-refractivity contribution in [3.05, 3.63) is 71.6 Å². The summed E-state index contributed by atoms with van der Waals surface area (Å²) in [5.41, 5.74) is 6.02. The van der Waals surface area contributed by atoms with Crippen LogP contribution in [0.3, 0.4) is 0 Å². The minimum absolute atomic E-state index is 0.283. The van der Waals surface area contributed by atoms with Gasteiger partial charge in [0.1, 0.15) is 12.4 Å². The Kier molecular flexibility index (Phi) is 8.79. The van der Waals surface area contributed by atoms with Gasteiger partial charge in [-0.15, -0.1) is 0 Å². The summed E-state index contributed by atoms with van der Waals surface area (Å²) in [7, 11) is 3.38. The van der Waals surface area contributed by atoms with Crippen LogP contribution in [0.1, 0.15) is 37.4 Å². The molecule has 0 amide bonds. The van der Waals surface area contributed by atoms with Crippen molar-refractivity contribution < 1.29 is 19.0 Å². The normalized spacial score (nSPS) is 13.1. The number of rotatable bonds is 11. The Hall–Kier alpha value is -3.58. The van der Waals surface area contributed by atoms with Gasteiger partial charge in [-0.05, 0) is 65.9 Å². The molecular weight excluding hydrogens is 454 g/mol. The van der Waals surface area contributed by atoms with Crippen LogP contribution >= 0.6 is 0 Å². The highest BCUT2D eigenvalue weighted by atomic mass is 16.5. The lowest BCUT2D eigenvalue weighted by Crippen LogP contribution is -2.25. The van der Waals surface area contributed by atoms with Gasteiger partial charge in [-0.25, -0.2) is 4.79 Å². The van der Waals surface area contributed by atoms with Crippen molar-refractivity contribution in [2.45, 2.75) is 32.7 Å². The number of hydrogen-bond acceptors (Lipinski definition) is 6. The number of fused-ring (bicyclic) bond motifs is 1. The number of anilines is 1. The Bertz CT molecular complexity index is 1180. The van der Waals surface area contributed by atoms with Crippen LogP contribution in [-0.2, 0) is 27.9 Å². The number of unbranched alkanes of at least 4 members (excludes halogenated alkanes) is 1. The number of aryl methyl sites for hydroxylation is 1. The number of benzene rings is 2. The van der Waals surface area contributed by atoms with E-state index in [1.165, 1.54) is 7.11 Å². The van der Waals surface area contributed by atoms with Crippen LogP contribution in [0.25, 0.3) is 17.2 Å². The van der Waals surface area contributed by atoms with Crippen LogP contribution in [0.5, 0.6) is 5.75 Å². The Balaban J connectivity index is 1.53. The van der Waals surface area contributed by atoms with Crippen LogP contribution in [0.15, 0.2) is 60.3 Å². The maximum absolute atomic E-state index is 12.4. The van der Waals surface area contributed by atoms with Crippen molar-refractivity contribution >= 4 is 17.7 Å². The van der Waals surface area contributed by atoms with Crippen molar-refractivity contribution in [1.82, 2.24) is 9.78 Å². The van der Waals surface area contributed by atoms with Gasteiger partial charge in [0.05, 0.1) is 26.0 Å². The SMILES string of the molecule is CCCCOCCOc1ccc(-c2ccc3c(c2)C=C(C(=O)OC)CCN3Cc2ccnn2C)cc1. The average Bonchev–Trinajstić information content (AvgIpc) is 3.22. The first-order chi connectivity index (χ1) is 17.6. The number of nitrogens with zero attached hydrogens (tertiary/aromatic N) is 3. The number of carbonyl (C=O) groups excluding carboxylic acids is 1. The molecule has 2 heterocycles. The topological polar surface area (TPSA) is 65.8 Å². The molecule has 0 unspecified atom stereocenters. The lowest BCUT2D eigenvalue weighted by molar-refractivity contribution is -0.136. The lowest BCUT2D eigenvalue weighted by Gasteiger charge is -2.25. The van der Waals surface area contributed by atoms with Gasteiger partial charge >= 0.3 is 5.97 Å². The van der Waals surface area contributed by atoms with Gasteiger partial charge in [-0.3, -0.25) is 4.68 Å². The zero-order valence-corrected chi connectivity index (χ0v) is 21.4. The Labute approximate surface area is 213 Å². The average molecular weight is 490 g/mol. The van der Waals surface area contributed by atoms with Gasteiger partial charge < -0.3 is 19.1 Å². The van der Waals surface area contributed by atoms with E-state index in [4.69, 9.17) is 14.2 Å². The van der Waals surface area contributed by atoms with E-state index in [9.17, 15) is 4.79 Å². The van der Waals surface area contributed by atoms with Gasteiger partial charge in [0, 0.05) is 37.7 Å². The van der Waals surface area contributed by atoms with Crippen molar-refractivity contribution in [1.29, 1.82) is 0 Å². The van der Waals surface area contributed by atoms with E-state index >= 15 is 0 Å². The maximum atomic E-state index is 12.4. The van der Waals surface area contributed by atoms with Crippen LogP contribution in [0, 0.1) is 0 Å². The van der Waals surface area contributed by atoms with E-state index in [1.54, 1.807) is 0 Å². The predicted octanol–water partition coefficient (Wildman–Crippen LogP) is 5.25. The summed E-state index contributed by atoms with van der Waals surface area (Å²) in [5, 5.41) is 4.30. The quantitative estimate of drug-likeness (QED) is 0.271. The van der Waals surface area contributed by atoms with Crippen molar-refractivity contribution in [3.63, 3.8) is 0 Å². The molecule has 7 heteroatoms. The van der Waals surface area contributed by atoms with E-state index in [-0.39, 0.29) is 5.97 Å². The molecule has 36 heavy (non-hydrogen) atoms. The second-order valence-electron chi connectivity index (χ2n) is 8.89. The number of carbonyl (C=O) groups is 1. The van der Waals surface area contributed by atoms with Gasteiger partial charge in [0.2, 0.25) is 0 Å². The number of aromatic nitrogens is 2. The van der Waals surface area contributed by atoms with E-state index in [2.05, 4.69) is 47.3 Å². The van der Waals surface area contributed by atoms with Crippen molar-refractivity contribution in [2.24, 2.45) is 7.05 Å². The summed E-state index contributed by atoms with van der Waals surface area (Å²) in [4.78, 5) is 14.7. The third kappa shape index (κ3) is 6.34. The Morgan fingerprint density at radius 3 is 2.56 bits per heavy atom. The monoisotopic (exact) mass is 489 g/mol. The fourth-order valence-electron chi connectivity index (χ4n) is 4.29. The first-order valence-corrected chi connectivity index (χ1v) is 12.5. The van der Waals surface area contributed by atoms with Gasteiger partial charge in [-0.2, -0.15) is 5.10 Å². The second-order valence-corrected chi connectivity index (χ2v) is 8.89. The fourth-order valence-corrected chi connectivity index (χ4v) is 4.29. The van der Waals surface area contributed by atoms with E-state index < -0.39 is 0 Å². The molecule has 0 aliphatic carbocycles. The zero-order chi connectivity index (χ0) is 25.3. The molecule has 190 valence electrons. The van der Waals surface area contributed by atoms with E-state index in [0.717, 1.165) is 53.3 Å². The molecule has 0 atom stereocenters. The summed E-state index contributed by atoms with van der Waals surface area (Å²) in [6.45, 7) is 5.49. The Morgan fingerprint density at radius 2 is 1.83 bits per heavy atom. The predicted molar refractivity (Wildman–Crippen MR) is 142 cm³/mol. The minimum atomic E-state index is -0.283. The number of hydrogen-bond donors (Lipinski definition) is 0. The first kappa shape index (κ1) is 25.5. The number of esters is 1. The van der Waals surface area contributed by atoms with Crippen LogP contribution in [0.4, 0.5) is 5.69 Å². The molecule has 1 aliphatic rings. The summed E-state index contributed by atoms with van der Waals surface area (Å²) in [6.07, 6.45) is 6.59. The molecule has 1 aromatic heterocycles. The first-order valence-electron chi connectivity index (χ1n) is 12.5. The fraction of sp³-hybridized carbons (Fsp3) is 0.379. The van der Waals surface area contributed by atoms with Crippen LogP contribution in [0.2, 0.25) is 0 Å². The molecule has 7 nitrogen and oxygen atoms in total. The molecule has 3 aromatic rings. The molecular formula is C29H35N3O4. The highest BCUT2D eigenvalue weighted by Crippen LogP contribution is 2.34. The standard InChI is InChI=1S/C29H35N3O4/c1-4-5-16-35-17-18-36-27-9-6-22(7-10-27)23-8-11-28-25(19-23)20-24(29(33)34-3)13-15-32(28)21-26-12-14-30-31(26)2/h6-12,14,19-20H,4-5,13,15-18,21H2,1-3H3. The van der Waals surface area contributed by atoms with Crippen LogP contribution < -0.4 is 9.64 Å². The van der Waals surface area contributed by atoms with E-state index in [1.807, 2.05) is 42.2 Å². The van der Waals surface area contributed by atoms with Crippen molar-refractivity contribution in [3.8, 4) is 16.9 Å². The summed E-state index contributed by atoms with van der Waals surface area (Å²) in [6, 6.07) is 16.5. The molecule has 0 bridgehead atoms. The highest BCUT2D eigenvalue weighted by Gasteiger charge is 2.21. The second kappa shape index (κ2) is 12.4. The molecule has 0 saturated carbocycles. The Morgan fingerprint density at radius 1 is 1.03 bits per heavy atom. The van der Waals surface area contributed by atoms with Gasteiger partial charge in [-0.1, -0.05) is 31.5 Å². The molecule has 0 N–H and O–H groups in total. The number of ether oxygens (including phenoxy) is 3. The molecule has 1 aliphatic heterocycles. The third-order valence-electron chi connectivity index (χ3n) is 6.40. The largest absolute Gasteiger partial charge is 0.491 e. The molecule has 0 radical (unpaired) electrons. The highest BCUT2D eigenvalue weighted by molar-refractivity contribution is 5.96. The van der Waals surface area contributed by atoms with Gasteiger partial charge in [0.25, 0.3) is 0 Å². The molecule has 4 rings (SSSR count). The number of methoxy groups -OCH3 is 1. The molecule has 0 spiro atoms.